The van der Waals surface area contributed by atoms with E-state index in [4.69, 9.17) is 0 Å². The van der Waals surface area contributed by atoms with E-state index in [1.807, 2.05) is 33.8 Å². The van der Waals surface area contributed by atoms with Crippen molar-refractivity contribution >= 4 is 21.6 Å². The Morgan fingerprint density at radius 3 is 2.17 bits per heavy atom. The van der Waals surface area contributed by atoms with E-state index in [1.165, 1.54) is 44.7 Å². The van der Waals surface area contributed by atoms with Crippen LogP contribution in [0.5, 0.6) is 0 Å². The predicted molar refractivity (Wildman–Crippen MR) is 128 cm³/mol. The number of benzene rings is 2. The second-order valence-corrected chi connectivity index (χ2v) is 10.5. The molecule has 1 aliphatic rings. The summed E-state index contributed by atoms with van der Waals surface area (Å²) in [4.78, 5) is 29.8. The lowest BCUT2D eigenvalue weighted by molar-refractivity contribution is -0.384. The van der Waals surface area contributed by atoms with Crippen LogP contribution in [0, 0.1) is 37.8 Å². The minimum absolute atomic E-state index is 0.138. The standard InChI is InChI=1S/C23H26N6O5S/c1-15-11-16(2)18(4)22(17(15)3)35(33,34)27-9-7-26(8-10-27)23(30)19-5-6-20(21(12-19)29(31)32)28-14-24-13-25-28/h5-6,11-14H,7-10H2,1-4H3. The zero-order valence-corrected chi connectivity index (χ0v) is 20.7. The molecule has 4 rings (SSSR count). The molecule has 0 radical (unpaired) electrons. The molecule has 0 N–H and O–H groups in total. The highest BCUT2D eigenvalue weighted by Crippen LogP contribution is 2.30. The van der Waals surface area contributed by atoms with Gasteiger partial charge in [-0.3, -0.25) is 14.9 Å². The van der Waals surface area contributed by atoms with Crippen LogP contribution in [-0.2, 0) is 10.0 Å². The summed E-state index contributed by atoms with van der Waals surface area (Å²) >= 11 is 0. The fraction of sp³-hybridized carbons (Fsp3) is 0.348. The lowest BCUT2D eigenvalue weighted by Gasteiger charge is -2.34. The minimum atomic E-state index is -3.74. The number of sulfonamides is 1. The third kappa shape index (κ3) is 4.42. The number of carbonyl (C=O) groups is 1. The van der Waals surface area contributed by atoms with Crippen LogP contribution >= 0.6 is 0 Å². The molecule has 0 spiro atoms. The second-order valence-electron chi connectivity index (χ2n) is 8.59. The first-order valence-electron chi connectivity index (χ1n) is 11.0. The first kappa shape index (κ1) is 24.5. The monoisotopic (exact) mass is 498 g/mol. The Morgan fingerprint density at radius 1 is 1.00 bits per heavy atom. The molecule has 1 aromatic heterocycles. The van der Waals surface area contributed by atoms with Crippen molar-refractivity contribution in [1.29, 1.82) is 0 Å². The summed E-state index contributed by atoms with van der Waals surface area (Å²) in [5.41, 5.74) is 3.35. The third-order valence-corrected chi connectivity index (χ3v) is 8.68. The summed E-state index contributed by atoms with van der Waals surface area (Å²) in [6.07, 6.45) is 2.60. The molecule has 184 valence electrons. The maximum absolute atomic E-state index is 13.5. The summed E-state index contributed by atoms with van der Waals surface area (Å²) < 4.78 is 29.6. The number of amides is 1. The van der Waals surface area contributed by atoms with E-state index in [0.717, 1.165) is 22.3 Å². The number of carbonyl (C=O) groups excluding carboxylic acids is 1. The number of nitro groups is 1. The quantitative estimate of drug-likeness (QED) is 0.390. The molecule has 0 aliphatic carbocycles. The zero-order valence-electron chi connectivity index (χ0n) is 19.9. The van der Waals surface area contributed by atoms with Crippen LogP contribution in [0.25, 0.3) is 5.69 Å². The van der Waals surface area contributed by atoms with Gasteiger partial charge in [0, 0.05) is 37.8 Å². The van der Waals surface area contributed by atoms with Gasteiger partial charge in [0.25, 0.3) is 11.6 Å². The van der Waals surface area contributed by atoms with Crippen LogP contribution in [0.3, 0.4) is 0 Å². The number of aromatic nitrogens is 3. The van der Waals surface area contributed by atoms with Gasteiger partial charge in [-0.1, -0.05) is 6.07 Å². The van der Waals surface area contributed by atoms with Gasteiger partial charge in [0.2, 0.25) is 10.0 Å². The van der Waals surface area contributed by atoms with Crippen molar-refractivity contribution in [3.8, 4) is 5.69 Å². The highest BCUT2D eigenvalue weighted by molar-refractivity contribution is 7.89. The average molecular weight is 499 g/mol. The first-order valence-corrected chi connectivity index (χ1v) is 12.5. The normalized spacial score (nSPS) is 14.8. The molecule has 0 atom stereocenters. The highest BCUT2D eigenvalue weighted by Gasteiger charge is 2.33. The van der Waals surface area contributed by atoms with Crippen LogP contribution in [0.4, 0.5) is 5.69 Å². The van der Waals surface area contributed by atoms with E-state index in [0.29, 0.717) is 4.90 Å². The Labute approximate surface area is 203 Å². The highest BCUT2D eigenvalue weighted by atomic mass is 32.2. The molecule has 1 amide bonds. The summed E-state index contributed by atoms with van der Waals surface area (Å²) in [6, 6.07) is 6.14. The van der Waals surface area contributed by atoms with Gasteiger partial charge < -0.3 is 4.90 Å². The fourth-order valence-corrected chi connectivity index (χ4v) is 6.34. The maximum Gasteiger partial charge on any atom is 0.295 e. The number of aryl methyl sites for hydroxylation is 2. The topological polar surface area (TPSA) is 132 Å². The van der Waals surface area contributed by atoms with E-state index in [1.54, 1.807) is 0 Å². The Kier molecular flexibility index (Phi) is 6.43. The van der Waals surface area contributed by atoms with Gasteiger partial charge in [-0.2, -0.15) is 9.40 Å². The maximum atomic E-state index is 13.5. The Bertz CT molecular complexity index is 1380. The summed E-state index contributed by atoms with van der Waals surface area (Å²) in [6.45, 7) is 8.04. The van der Waals surface area contributed by atoms with Crippen molar-refractivity contribution in [2.24, 2.45) is 0 Å². The van der Waals surface area contributed by atoms with E-state index in [2.05, 4.69) is 10.1 Å². The number of rotatable bonds is 5. The van der Waals surface area contributed by atoms with Crippen molar-refractivity contribution < 1.29 is 18.1 Å². The molecule has 0 unspecified atom stereocenters. The smallest absolute Gasteiger partial charge is 0.295 e. The lowest BCUT2D eigenvalue weighted by atomic mass is 10.0. The van der Waals surface area contributed by atoms with Crippen LogP contribution in [-0.4, -0.2) is 69.4 Å². The van der Waals surface area contributed by atoms with Crippen LogP contribution in [0.15, 0.2) is 41.8 Å². The summed E-state index contributed by atoms with van der Waals surface area (Å²) in [7, 11) is -3.74. The zero-order chi connectivity index (χ0) is 25.5. The van der Waals surface area contributed by atoms with Crippen LogP contribution in [0.2, 0.25) is 0 Å². The lowest BCUT2D eigenvalue weighted by Crippen LogP contribution is -2.50. The Hall–Kier alpha value is -3.64. The van der Waals surface area contributed by atoms with Crippen LogP contribution in [0.1, 0.15) is 32.6 Å². The SMILES string of the molecule is Cc1cc(C)c(C)c(S(=O)(=O)N2CCN(C(=O)c3ccc(-n4cncn4)c([N+](=O)[O-])c3)CC2)c1C. The number of nitrogens with zero attached hydrogens (tertiary/aromatic N) is 6. The van der Waals surface area contributed by atoms with Crippen molar-refractivity contribution in [1.82, 2.24) is 24.0 Å². The van der Waals surface area contributed by atoms with Crippen molar-refractivity contribution in [2.75, 3.05) is 26.2 Å². The molecule has 2 heterocycles. The number of nitro benzene ring substituents is 1. The van der Waals surface area contributed by atoms with Crippen molar-refractivity contribution in [3.63, 3.8) is 0 Å². The molecule has 1 aliphatic heterocycles. The molecule has 1 saturated heterocycles. The van der Waals surface area contributed by atoms with Gasteiger partial charge in [0.05, 0.1) is 9.82 Å². The number of piperazine rings is 1. The molecule has 35 heavy (non-hydrogen) atoms. The molecule has 0 bridgehead atoms. The Balaban J connectivity index is 1.54. The van der Waals surface area contributed by atoms with Crippen molar-refractivity contribution in [2.45, 2.75) is 32.6 Å². The second kappa shape index (κ2) is 9.19. The van der Waals surface area contributed by atoms with E-state index in [9.17, 15) is 23.3 Å². The molecule has 1 fully saturated rings. The van der Waals surface area contributed by atoms with Gasteiger partial charge in [-0.05, 0) is 62.1 Å². The van der Waals surface area contributed by atoms with Gasteiger partial charge in [0.1, 0.15) is 18.3 Å². The largest absolute Gasteiger partial charge is 0.336 e. The van der Waals surface area contributed by atoms with Crippen molar-refractivity contribution in [3.05, 3.63) is 74.9 Å². The van der Waals surface area contributed by atoms with Gasteiger partial charge >= 0.3 is 0 Å². The molecule has 3 aromatic rings. The van der Waals surface area contributed by atoms with Gasteiger partial charge in [0.15, 0.2) is 0 Å². The van der Waals surface area contributed by atoms with E-state index in [-0.39, 0.29) is 43.1 Å². The van der Waals surface area contributed by atoms with Gasteiger partial charge in [-0.15, -0.1) is 0 Å². The molecule has 2 aromatic carbocycles. The minimum Gasteiger partial charge on any atom is -0.336 e. The van der Waals surface area contributed by atoms with E-state index < -0.39 is 20.9 Å². The summed E-state index contributed by atoms with van der Waals surface area (Å²) in [5.74, 6) is -0.394. The molecule has 12 heteroatoms. The number of hydrogen-bond acceptors (Lipinski definition) is 7. The third-order valence-electron chi connectivity index (χ3n) is 6.51. The molecular weight excluding hydrogens is 472 g/mol. The predicted octanol–water partition coefficient (Wildman–Crippen LogP) is 2.56. The number of hydrogen-bond donors (Lipinski definition) is 0. The van der Waals surface area contributed by atoms with E-state index >= 15 is 0 Å². The summed E-state index contributed by atoms with van der Waals surface area (Å²) in [5, 5.41) is 15.5. The first-order chi connectivity index (χ1) is 16.5. The molecular formula is C23H26N6O5S. The van der Waals surface area contributed by atoms with Crippen LogP contribution < -0.4 is 0 Å². The average Bonchev–Trinajstić information content (AvgIpc) is 3.37. The molecule has 0 saturated carbocycles. The molecule has 11 nitrogen and oxygen atoms in total. The Morgan fingerprint density at radius 2 is 1.63 bits per heavy atom. The fourth-order valence-electron chi connectivity index (χ4n) is 4.34. The van der Waals surface area contributed by atoms with Gasteiger partial charge in [-0.25, -0.2) is 18.1 Å².